The van der Waals surface area contributed by atoms with E-state index in [0.717, 1.165) is 58.6 Å². The minimum Gasteiger partial charge on any atom is -0.444 e. The third kappa shape index (κ3) is 4.21. The lowest BCUT2D eigenvalue weighted by Crippen LogP contribution is -2.49. The molecule has 3 aliphatic rings. The van der Waals surface area contributed by atoms with Crippen molar-refractivity contribution in [1.82, 2.24) is 10.2 Å². The predicted octanol–water partition coefficient (Wildman–Crippen LogP) is 2.17. The molecule has 1 N–H and O–H groups in total. The Balaban J connectivity index is 1.64. The van der Waals surface area contributed by atoms with Gasteiger partial charge in [0.05, 0.1) is 6.10 Å². The molecular formula is C18H32N2O4. The lowest BCUT2D eigenvalue weighted by Gasteiger charge is -2.38. The van der Waals surface area contributed by atoms with Gasteiger partial charge in [-0.1, -0.05) is 0 Å². The molecule has 0 bridgehead atoms. The van der Waals surface area contributed by atoms with Gasteiger partial charge in [-0.25, -0.2) is 4.79 Å². The van der Waals surface area contributed by atoms with Crippen LogP contribution in [0.2, 0.25) is 0 Å². The van der Waals surface area contributed by atoms with Crippen LogP contribution < -0.4 is 5.32 Å². The van der Waals surface area contributed by atoms with Gasteiger partial charge in [0.25, 0.3) is 0 Å². The van der Waals surface area contributed by atoms with Gasteiger partial charge >= 0.3 is 6.09 Å². The van der Waals surface area contributed by atoms with Gasteiger partial charge in [-0.15, -0.1) is 0 Å². The highest BCUT2D eigenvalue weighted by Crippen LogP contribution is 2.40. The molecule has 1 amide bonds. The van der Waals surface area contributed by atoms with Crippen LogP contribution in [-0.4, -0.2) is 68.2 Å². The first kappa shape index (κ1) is 18.0. The molecule has 3 fully saturated rings. The van der Waals surface area contributed by atoms with Crippen LogP contribution in [0.1, 0.15) is 46.5 Å². The maximum absolute atomic E-state index is 12.5. The number of rotatable bonds is 3. The number of hydrogen-bond donors (Lipinski definition) is 1. The molecule has 0 aromatic rings. The van der Waals surface area contributed by atoms with Crippen LogP contribution in [0.5, 0.6) is 0 Å². The van der Waals surface area contributed by atoms with Gasteiger partial charge in [0.15, 0.2) is 0 Å². The van der Waals surface area contributed by atoms with Crippen molar-refractivity contribution < 1.29 is 19.0 Å². The third-order valence-corrected chi connectivity index (χ3v) is 5.40. The second kappa shape index (κ2) is 7.18. The van der Waals surface area contributed by atoms with E-state index in [1.165, 1.54) is 0 Å². The summed E-state index contributed by atoms with van der Waals surface area (Å²) < 4.78 is 16.9. The molecule has 2 atom stereocenters. The zero-order valence-corrected chi connectivity index (χ0v) is 15.3. The molecule has 24 heavy (non-hydrogen) atoms. The van der Waals surface area contributed by atoms with Crippen LogP contribution in [-0.2, 0) is 14.2 Å². The Morgan fingerprint density at radius 1 is 1.29 bits per heavy atom. The SMILES string of the molecule is CC(C)(C)OC(=O)N1CC(NCC2CCCO2)C2(CCOCC2)C1. The molecule has 0 aromatic heterocycles. The highest BCUT2D eigenvalue weighted by Gasteiger charge is 2.49. The van der Waals surface area contributed by atoms with Gasteiger partial charge in [0.2, 0.25) is 0 Å². The normalized spacial score (nSPS) is 30.0. The van der Waals surface area contributed by atoms with E-state index in [2.05, 4.69) is 5.32 Å². The molecule has 2 unspecified atom stereocenters. The minimum atomic E-state index is -0.455. The summed E-state index contributed by atoms with van der Waals surface area (Å²) in [5.41, 5.74) is -0.350. The van der Waals surface area contributed by atoms with Crippen molar-refractivity contribution in [2.45, 2.75) is 64.2 Å². The van der Waals surface area contributed by atoms with E-state index in [1.807, 2.05) is 25.7 Å². The molecule has 3 aliphatic heterocycles. The maximum Gasteiger partial charge on any atom is 0.410 e. The van der Waals surface area contributed by atoms with Crippen molar-refractivity contribution in [3.63, 3.8) is 0 Å². The summed E-state index contributed by atoms with van der Waals surface area (Å²) in [5.74, 6) is 0. The van der Waals surface area contributed by atoms with Gasteiger partial charge in [0, 0.05) is 50.9 Å². The predicted molar refractivity (Wildman–Crippen MR) is 91.1 cm³/mol. The molecule has 0 aliphatic carbocycles. The fourth-order valence-electron chi connectivity index (χ4n) is 4.08. The Morgan fingerprint density at radius 2 is 2.04 bits per heavy atom. The standard InChI is InChI=1S/C18H32N2O4/c1-17(2,3)24-16(21)20-12-15(19-11-14-5-4-8-23-14)18(13-20)6-9-22-10-7-18/h14-15,19H,4-13H2,1-3H3. The largest absolute Gasteiger partial charge is 0.444 e. The monoisotopic (exact) mass is 340 g/mol. The molecule has 138 valence electrons. The molecule has 6 heteroatoms. The first-order chi connectivity index (χ1) is 11.4. The Kier molecular flexibility index (Phi) is 5.37. The maximum atomic E-state index is 12.5. The summed E-state index contributed by atoms with van der Waals surface area (Å²) in [5, 5.41) is 3.70. The van der Waals surface area contributed by atoms with E-state index in [4.69, 9.17) is 14.2 Å². The van der Waals surface area contributed by atoms with E-state index in [-0.39, 0.29) is 17.6 Å². The van der Waals surface area contributed by atoms with E-state index in [0.29, 0.717) is 12.6 Å². The molecule has 3 rings (SSSR count). The minimum absolute atomic E-state index is 0.105. The molecule has 0 saturated carbocycles. The quantitative estimate of drug-likeness (QED) is 0.853. The number of ether oxygens (including phenoxy) is 3. The number of nitrogens with one attached hydrogen (secondary N) is 1. The number of carbonyl (C=O) groups is 1. The number of carbonyl (C=O) groups excluding carboxylic acids is 1. The van der Waals surface area contributed by atoms with E-state index in [1.54, 1.807) is 0 Å². The summed E-state index contributed by atoms with van der Waals surface area (Å²) in [4.78, 5) is 14.4. The second-order valence-corrected chi connectivity index (χ2v) is 8.43. The van der Waals surface area contributed by atoms with Crippen LogP contribution in [0.4, 0.5) is 4.79 Å². The van der Waals surface area contributed by atoms with Gasteiger partial charge < -0.3 is 24.4 Å². The fraction of sp³-hybridized carbons (Fsp3) is 0.944. The summed E-state index contributed by atoms with van der Waals surface area (Å²) in [6.07, 6.45) is 4.39. The summed E-state index contributed by atoms with van der Waals surface area (Å²) >= 11 is 0. The lowest BCUT2D eigenvalue weighted by molar-refractivity contribution is 0.000508. The Bertz CT molecular complexity index is 437. The summed E-state index contributed by atoms with van der Waals surface area (Å²) in [6, 6.07) is 0.290. The highest BCUT2D eigenvalue weighted by atomic mass is 16.6. The number of amides is 1. The van der Waals surface area contributed by atoms with Crippen molar-refractivity contribution in [2.24, 2.45) is 5.41 Å². The average Bonchev–Trinajstić information content (AvgIpc) is 3.13. The topological polar surface area (TPSA) is 60.0 Å². The van der Waals surface area contributed by atoms with E-state index >= 15 is 0 Å². The number of nitrogens with zero attached hydrogens (tertiary/aromatic N) is 1. The zero-order chi connectivity index (χ0) is 17.2. The van der Waals surface area contributed by atoms with Crippen molar-refractivity contribution in [3.05, 3.63) is 0 Å². The van der Waals surface area contributed by atoms with Crippen molar-refractivity contribution >= 4 is 6.09 Å². The number of hydrogen-bond acceptors (Lipinski definition) is 5. The second-order valence-electron chi connectivity index (χ2n) is 8.43. The highest BCUT2D eigenvalue weighted by molar-refractivity contribution is 5.68. The molecule has 0 radical (unpaired) electrons. The van der Waals surface area contributed by atoms with Gasteiger partial charge in [-0.3, -0.25) is 0 Å². The van der Waals surface area contributed by atoms with Crippen LogP contribution in [0.3, 0.4) is 0 Å². The number of likely N-dealkylation sites (tertiary alicyclic amines) is 1. The van der Waals surface area contributed by atoms with E-state index in [9.17, 15) is 4.79 Å². The van der Waals surface area contributed by atoms with Crippen molar-refractivity contribution in [3.8, 4) is 0 Å². The molecule has 1 spiro atoms. The van der Waals surface area contributed by atoms with Crippen LogP contribution >= 0.6 is 0 Å². The van der Waals surface area contributed by atoms with Crippen molar-refractivity contribution in [1.29, 1.82) is 0 Å². The molecule has 3 saturated heterocycles. The van der Waals surface area contributed by atoms with Crippen LogP contribution in [0, 0.1) is 5.41 Å². The zero-order valence-electron chi connectivity index (χ0n) is 15.3. The van der Waals surface area contributed by atoms with Gasteiger partial charge in [0.1, 0.15) is 5.60 Å². The summed E-state index contributed by atoms with van der Waals surface area (Å²) in [7, 11) is 0. The summed E-state index contributed by atoms with van der Waals surface area (Å²) in [6.45, 7) is 10.5. The molecule has 3 heterocycles. The first-order valence-corrected chi connectivity index (χ1v) is 9.29. The first-order valence-electron chi connectivity index (χ1n) is 9.29. The molecule has 0 aromatic carbocycles. The fourth-order valence-corrected chi connectivity index (χ4v) is 4.08. The Hall–Kier alpha value is -0.850. The smallest absolute Gasteiger partial charge is 0.410 e. The van der Waals surface area contributed by atoms with Crippen LogP contribution in [0.25, 0.3) is 0 Å². The van der Waals surface area contributed by atoms with E-state index < -0.39 is 5.60 Å². The lowest BCUT2D eigenvalue weighted by atomic mass is 9.76. The van der Waals surface area contributed by atoms with Gasteiger partial charge in [-0.2, -0.15) is 0 Å². The Morgan fingerprint density at radius 3 is 2.67 bits per heavy atom. The Labute approximate surface area is 145 Å². The average molecular weight is 340 g/mol. The van der Waals surface area contributed by atoms with Crippen LogP contribution in [0.15, 0.2) is 0 Å². The molecule has 6 nitrogen and oxygen atoms in total. The molecular weight excluding hydrogens is 308 g/mol. The third-order valence-electron chi connectivity index (χ3n) is 5.40. The van der Waals surface area contributed by atoms with Gasteiger partial charge in [-0.05, 0) is 46.5 Å². The van der Waals surface area contributed by atoms with Crippen molar-refractivity contribution in [2.75, 3.05) is 39.5 Å².